The highest BCUT2D eigenvalue weighted by atomic mass is 32.2. The molecule has 24 heavy (non-hydrogen) atoms. The maximum absolute atomic E-state index is 13.7. The van der Waals surface area contributed by atoms with Crippen LogP contribution in [0.15, 0.2) is 41.3 Å². The van der Waals surface area contributed by atoms with Crippen molar-refractivity contribution in [2.45, 2.75) is 31.1 Å². The lowest BCUT2D eigenvalue weighted by Gasteiger charge is -2.11. The van der Waals surface area contributed by atoms with Crippen LogP contribution >= 0.6 is 0 Å². The number of carbonyl (C=O) groups excluding carboxylic acids is 1. The van der Waals surface area contributed by atoms with Crippen LogP contribution in [0.4, 0.5) is 15.8 Å². The molecule has 1 amide bonds. The summed E-state index contributed by atoms with van der Waals surface area (Å²) in [6.45, 7) is 1.23. The second-order valence-electron chi connectivity index (χ2n) is 5.77. The monoisotopic (exact) mass is 348 g/mol. The zero-order valence-electron chi connectivity index (χ0n) is 13.1. The number of anilines is 2. The van der Waals surface area contributed by atoms with Crippen LogP contribution in [0.3, 0.4) is 0 Å². The number of carbonyl (C=O) groups is 1. The first-order valence-corrected chi connectivity index (χ1v) is 9.05. The number of hydrogen-bond acceptors (Lipinski definition) is 3. The maximum Gasteiger partial charge on any atom is 0.261 e. The molecule has 0 aromatic heterocycles. The summed E-state index contributed by atoms with van der Waals surface area (Å²) in [6, 6.07) is 8.76. The van der Waals surface area contributed by atoms with Gasteiger partial charge in [0.1, 0.15) is 5.82 Å². The van der Waals surface area contributed by atoms with Gasteiger partial charge in [0.2, 0.25) is 5.91 Å². The predicted octanol–water partition coefficient (Wildman–Crippen LogP) is 3.07. The van der Waals surface area contributed by atoms with Crippen molar-refractivity contribution >= 4 is 27.3 Å². The molecular formula is C17H17FN2O3S. The summed E-state index contributed by atoms with van der Waals surface area (Å²) in [5.74, 6) is -1.17. The van der Waals surface area contributed by atoms with Gasteiger partial charge in [-0.2, -0.15) is 0 Å². The lowest BCUT2D eigenvalue weighted by molar-refractivity contribution is -0.114. The number of benzene rings is 2. The second-order valence-corrected chi connectivity index (χ2v) is 7.45. The number of rotatable bonds is 4. The van der Waals surface area contributed by atoms with Crippen LogP contribution in [0.5, 0.6) is 0 Å². The fourth-order valence-electron chi connectivity index (χ4n) is 2.81. The Morgan fingerprint density at radius 3 is 2.58 bits per heavy atom. The summed E-state index contributed by atoms with van der Waals surface area (Å²) in [6.07, 6.45) is 3.03. The molecule has 2 aromatic rings. The van der Waals surface area contributed by atoms with E-state index in [9.17, 15) is 17.6 Å². The minimum Gasteiger partial charge on any atom is -0.324 e. The standard InChI is InChI=1S/C17H17FN2O3S/c1-11(21)19-17-10-15(7-8-16(17)18)24(22,23)20-14-6-5-12-3-2-4-13(12)9-14/h5-10,20H,2-4H2,1H3,(H,19,21). The number of sulfonamides is 1. The molecule has 5 nitrogen and oxygen atoms in total. The molecule has 1 aliphatic carbocycles. The molecule has 0 saturated heterocycles. The minimum atomic E-state index is -3.87. The van der Waals surface area contributed by atoms with Crippen molar-refractivity contribution in [2.75, 3.05) is 10.0 Å². The van der Waals surface area contributed by atoms with Crippen molar-refractivity contribution in [1.29, 1.82) is 0 Å². The van der Waals surface area contributed by atoms with E-state index >= 15 is 0 Å². The largest absolute Gasteiger partial charge is 0.324 e. The predicted molar refractivity (Wildman–Crippen MR) is 90.0 cm³/mol. The van der Waals surface area contributed by atoms with Crippen LogP contribution in [0.25, 0.3) is 0 Å². The van der Waals surface area contributed by atoms with E-state index in [1.165, 1.54) is 12.5 Å². The summed E-state index contributed by atoms with van der Waals surface area (Å²) in [5, 5.41) is 2.28. The minimum absolute atomic E-state index is 0.117. The summed E-state index contributed by atoms with van der Waals surface area (Å²) >= 11 is 0. The van der Waals surface area contributed by atoms with Crippen molar-refractivity contribution in [3.63, 3.8) is 0 Å². The van der Waals surface area contributed by atoms with Gasteiger partial charge in [-0.3, -0.25) is 9.52 Å². The quantitative estimate of drug-likeness (QED) is 0.892. The van der Waals surface area contributed by atoms with Gasteiger partial charge in [-0.1, -0.05) is 6.07 Å². The molecule has 0 fully saturated rings. The molecule has 0 spiro atoms. The molecule has 1 aliphatic rings. The Morgan fingerprint density at radius 1 is 1.08 bits per heavy atom. The third kappa shape index (κ3) is 3.41. The molecule has 2 aromatic carbocycles. The van der Waals surface area contributed by atoms with E-state index in [1.807, 2.05) is 12.1 Å². The molecule has 0 aliphatic heterocycles. The Hall–Kier alpha value is -2.41. The summed E-state index contributed by atoms with van der Waals surface area (Å²) in [7, 11) is -3.87. The number of amides is 1. The third-order valence-electron chi connectivity index (χ3n) is 3.91. The Balaban J connectivity index is 1.89. The highest BCUT2D eigenvalue weighted by Gasteiger charge is 2.18. The molecule has 0 bridgehead atoms. The highest BCUT2D eigenvalue weighted by molar-refractivity contribution is 7.92. The zero-order chi connectivity index (χ0) is 17.3. The number of aryl methyl sites for hydroxylation is 2. The number of hydrogen-bond donors (Lipinski definition) is 2. The average molecular weight is 348 g/mol. The fourth-order valence-corrected chi connectivity index (χ4v) is 3.88. The van der Waals surface area contributed by atoms with Crippen LogP contribution < -0.4 is 10.0 Å². The van der Waals surface area contributed by atoms with Crippen LogP contribution in [0.1, 0.15) is 24.5 Å². The Kier molecular flexibility index (Phi) is 4.28. The number of halogens is 1. The van der Waals surface area contributed by atoms with E-state index in [0.717, 1.165) is 43.0 Å². The van der Waals surface area contributed by atoms with Gasteiger partial charge >= 0.3 is 0 Å². The zero-order valence-corrected chi connectivity index (χ0v) is 13.9. The van der Waals surface area contributed by atoms with E-state index < -0.39 is 21.7 Å². The van der Waals surface area contributed by atoms with Gasteiger partial charge in [0.15, 0.2) is 0 Å². The number of fused-ring (bicyclic) bond motifs is 1. The lowest BCUT2D eigenvalue weighted by atomic mass is 10.1. The first-order chi connectivity index (χ1) is 11.3. The van der Waals surface area contributed by atoms with Crippen LogP contribution in [-0.2, 0) is 27.7 Å². The first-order valence-electron chi connectivity index (χ1n) is 7.57. The van der Waals surface area contributed by atoms with Gasteiger partial charge in [0.05, 0.1) is 10.6 Å². The summed E-state index contributed by atoms with van der Waals surface area (Å²) in [5.41, 5.74) is 2.70. The van der Waals surface area contributed by atoms with Gasteiger partial charge in [0.25, 0.3) is 10.0 Å². The van der Waals surface area contributed by atoms with Gasteiger partial charge in [-0.25, -0.2) is 12.8 Å². The SMILES string of the molecule is CC(=O)Nc1cc(S(=O)(=O)Nc2ccc3c(c2)CCC3)ccc1F. The highest BCUT2D eigenvalue weighted by Crippen LogP contribution is 2.27. The third-order valence-corrected chi connectivity index (χ3v) is 5.29. The molecule has 0 radical (unpaired) electrons. The molecule has 3 rings (SSSR count). The van der Waals surface area contributed by atoms with E-state index in [0.29, 0.717) is 5.69 Å². The van der Waals surface area contributed by atoms with E-state index in [1.54, 1.807) is 6.07 Å². The molecule has 0 heterocycles. The van der Waals surface area contributed by atoms with Crippen molar-refractivity contribution in [3.05, 3.63) is 53.3 Å². The molecular weight excluding hydrogens is 331 g/mol. The Labute approximate surface area is 139 Å². The maximum atomic E-state index is 13.7. The van der Waals surface area contributed by atoms with E-state index in [2.05, 4.69) is 10.0 Å². The van der Waals surface area contributed by atoms with Gasteiger partial charge in [-0.15, -0.1) is 0 Å². The first kappa shape index (κ1) is 16.4. The van der Waals surface area contributed by atoms with Crippen molar-refractivity contribution in [1.82, 2.24) is 0 Å². The van der Waals surface area contributed by atoms with Crippen LogP contribution in [0, 0.1) is 5.82 Å². The molecule has 126 valence electrons. The molecule has 0 saturated carbocycles. The summed E-state index contributed by atoms with van der Waals surface area (Å²) in [4.78, 5) is 11.0. The molecule has 0 atom stereocenters. The normalized spacial score (nSPS) is 13.4. The lowest BCUT2D eigenvalue weighted by Crippen LogP contribution is -2.14. The van der Waals surface area contributed by atoms with Crippen LogP contribution in [0.2, 0.25) is 0 Å². The number of nitrogens with one attached hydrogen (secondary N) is 2. The molecule has 2 N–H and O–H groups in total. The van der Waals surface area contributed by atoms with Gasteiger partial charge in [-0.05, 0) is 60.7 Å². The van der Waals surface area contributed by atoms with Gasteiger partial charge in [0, 0.05) is 12.6 Å². The smallest absolute Gasteiger partial charge is 0.261 e. The second kappa shape index (κ2) is 6.24. The Morgan fingerprint density at radius 2 is 1.83 bits per heavy atom. The van der Waals surface area contributed by atoms with Crippen LogP contribution in [-0.4, -0.2) is 14.3 Å². The average Bonchev–Trinajstić information content (AvgIpc) is 2.96. The summed E-state index contributed by atoms with van der Waals surface area (Å²) < 4.78 is 41.2. The topological polar surface area (TPSA) is 75.3 Å². The van der Waals surface area contributed by atoms with Crippen molar-refractivity contribution in [3.8, 4) is 0 Å². The Bertz CT molecular complexity index is 910. The van der Waals surface area contributed by atoms with E-state index in [-0.39, 0.29) is 10.6 Å². The van der Waals surface area contributed by atoms with Crippen molar-refractivity contribution in [2.24, 2.45) is 0 Å². The van der Waals surface area contributed by atoms with E-state index in [4.69, 9.17) is 0 Å². The van der Waals surface area contributed by atoms with Crippen molar-refractivity contribution < 1.29 is 17.6 Å². The fraction of sp³-hybridized carbons (Fsp3) is 0.235. The molecule has 7 heteroatoms. The van der Waals surface area contributed by atoms with Gasteiger partial charge < -0.3 is 5.32 Å². The molecule has 0 unspecified atom stereocenters.